The Labute approximate surface area is 162 Å². The molecule has 1 unspecified atom stereocenters. The summed E-state index contributed by atoms with van der Waals surface area (Å²) in [5.41, 5.74) is 0. The van der Waals surface area contributed by atoms with E-state index in [0.717, 1.165) is 44.4 Å². The Morgan fingerprint density at radius 1 is 1.31 bits per heavy atom. The number of hydrogen-bond donors (Lipinski definition) is 2. The summed E-state index contributed by atoms with van der Waals surface area (Å²) in [7, 11) is 0. The number of aliphatic imine (C=N–C) groups is 1. The number of hydrogen-bond acceptors (Lipinski definition) is 4. The van der Waals surface area contributed by atoms with Gasteiger partial charge in [-0.15, -0.1) is 11.3 Å². The van der Waals surface area contributed by atoms with Crippen LogP contribution in [0.2, 0.25) is 0 Å². The van der Waals surface area contributed by atoms with Crippen LogP contribution in [0.25, 0.3) is 0 Å². The third kappa shape index (κ3) is 5.95. The Kier molecular flexibility index (Phi) is 7.74. The second-order valence-corrected chi connectivity index (χ2v) is 8.82. The summed E-state index contributed by atoms with van der Waals surface area (Å²) in [5.74, 6) is 1.91. The van der Waals surface area contributed by atoms with Crippen LogP contribution in [0.4, 0.5) is 0 Å². The first kappa shape index (κ1) is 19.6. The molecule has 0 bridgehead atoms. The van der Waals surface area contributed by atoms with Gasteiger partial charge in [0.15, 0.2) is 5.96 Å². The molecule has 2 aliphatic rings. The quantitative estimate of drug-likeness (QED) is 0.540. The summed E-state index contributed by atoms with van der Waals surface area (Å²) in [4.78, 5) is 13.3. The molecule has 0 amide bonds. The number of aromatic nitrogens is 1. The van der Waals surface area contributed by atoms with Crippen LogP contribution in [0.15, 0.2) is 11.2 Å². The van der Waals surface area contributed by atoms with Crippen LogP contribution in [-0.2, 0) is 12.8 Å². The van der Waals surface area contributed by atoms with Gasteiger partial charge in [-0.25, -0.2) is 4.98 Å². The third-order valence-corrected chi connectivity index (χ3v) is 6.70. The molecular weight excluding hydrogens is 342 g/mol. The standard InChI is InChI=1S/C20H35N5S/c1-3-18-13-23-19(26-18)9-11-22-20(21-4-2)24-17-10-12-25(15-17)14-16-7-5-6-8-16/h13,16-17H,3-12,14-15H2,1-2H3,(H2,21,22,24). The summed E-state index contributed by atoms with van der Waals surface area (Å²) in [5, 5.41) is 8.26. The van der Waals surface area contributed by atoms with E-state index in [9.17, 15) is 0 Å². The molecule has 1 saturated heterocycles. The lowest BCUT2D eigenvalue weighted by atomic mass is 10.1. The molecule has 1 aromatic rings. The molecule has 1 saturated carbocycles. The highest BCUT2D eigenvalue weighted by Gasteiger charge is 2.26. The van der Waals surface area contributed by atoms with Crippen molar-refractivity contribution in [3.63, 3.8) is 0 Å². The molecule has 0 spiro atoms. The second-order valence-electron chi connectivity index (χ2n) is 7.62. The van der Waals surface area contributed by atoms with Crippen molar-refractivity contribution < 1.29 is 0 Å². The molecule has 3 rings (SSSR count). The van der Waals surface area contributed by atoms with Gasteiger partial charge in [-0.3, -0.25) is 4.99 Å². The van der Waals surface area contributed by atoms with E-state index < -0.39 is 0 Å². The van der Waals surface area contributed by atoms with Crippen molar-refractivity contribution >= 4 is 17.3 Å². The number of likely N-dealkylation sites (tertiary alicyclic amines) is 1. The summed E-state index contributed by atoms with van der Waals surface area (Å²) < 4.78 is 0. The molecule has 2 heterocycles. The van der Waals surface area contributed by atoms with Crippen molar-refractivity contribution in [1.82, 2.24) is 20.5 Å². The van der Waals surface area contributed by atoms with E-state index in [1.165, 1.54) is 55.1 Å². The molecule has 6 heteroatoms. The lowest BCUT2D eigenvalue weighted by Crippen LogP contribution is -2.45. The molecule has 2 fully saturated rings. The van der Waals surface area contributed by atoms with Crippen LogP contribution in [0.5, 0.6) is 0 Å². The molecule has 26 heavy (non-hydrogen) atoms. The number of rotatable bonds is 8. The van der Waals surface area contributed by atoms with E-state index in [-0.39, 0.29) is 0 Å². The predicted molar refractivity (Wildman–Crippen MR) is 111 cm³/mol. The average Bonchev–Trinajstić information content (AvgIpc) is 3.38. The largest absolute Gasteiger partial charge is 0.357 e. The van der Waals surface area contributed by atoms with Crippen LogP contribution in [0.1, 0.15) is 55.8 Å². The minimum Gasteiger partial charge on any atom is -0.357 e. The van der Waals surface area contributed by atoms with Crippen molar-refractivity contribution in [3.05, 3.63) is 16.1 Å². The van der Waals surface area contributed by atoms with E-state index in [4.69, 9.17) is 4.99 Å². The van der Waals surface area contributed by atoms with Crippen LogP contribution >= 0.6 is 11.3 Å². The van der Waals surface area contributed by atoms with Gasteiger partial charge in [-0.2, -0.15) is 0 Å². The summed E-state index contributed by atoms with van der Waals surface area (Å²) in [6.45, 7) is 9.70. The van der Waals surface area contributed by atoms with Gasteiger partial charge >= 0.3 is 0 Å². The maximum atomic E-state index is 4.78. The lowest BCUT2D eigenvalue weighted by Gasteiger charge is -2.21. The molecule has 2 N–H and O–H groups in total. The second kappa shape index (κ2) is 10.3. The first-order chi connectivity index (χ1) is 12.8. The smallest absolute Gasteiger partial charge is 0.191 e. The molecular formula is C20H35N5S. The Morgan fingerprint density at radius 3 is 2.88 bits per heavy atom. The first-order valence-corrected chi connectivity index (χ1v) is 11.3. The van der Waals surface area contributed by atoms with Crippen molar-refractivity contribution in [2.24, 2.45) is 10.9 Å². The summed E-state index contributed by atoms with van der Waals surface area (Å²) in [6.07, 6.45) is 11.0. The predicted octanol–water partition coefficient (Wildman–Crippen LogP) is 3.07. The lowest BCUT2D eigenvalue weighted by molar-refractivity contribution is 0.275. The van der Waals surface area contributed by atoms with Gasteiger partial charge in [0.1, 0.15) is 0 Å². The van der Waals surface area contributed by atoms with Crippen molar-refractivity contribution in [2.45, 2.75) is 64.8 Å². The number of guanidine groups is 1. The minimum absolute atomic E-state index is 0.528. The van der Waals surface area contributed by atoms with E-state index in [2.05, 4.69) is 34.4 Å². The summed E-state index contributed by atoms with van der Waals surface area (Å²) >= 11 is 1.82. The van der Waals surface area contributed by atoms with E-state index in [0.29, 0.717) is 6.04 Å². The zero-order valence-corrected chi connectivity index (χ0v) is 17.3. The molecule has 146 valence electrons. The van der Waals surface area contributed by atoms with Crippen LogP contribution in [-0.4, -0.2) is 54.6 Å². The SMILES string of the molecule is CCNC(=NCCc1ncc(CC)s1)NC1CCN(CC2CCCC2)C1. The van der Waals surface area contributed by atoms with Gasteiger partial charge in [-0.1, -0.05) is 19.8 Å². The molecule has 1 aliphatic carbocycles. The van der Waals surface area contributed by atoms with Gasteiger partial charge in [0.25, 0.3) is 0 Å². The Hall–Kier alpha value is -1.14. The maximum absolute atomic E-state index is 4.78. The molecule has 1 aliphatic heterocycles. The number of aryl methyl sites for hydroxylation is 1. The highest BCUT2D eigenvalue weighted by atomic mass is 32.1. The topological polar surface area (TPSA) is 52.6 Å². The fourth-order valence-corrected chi connectivity index (χ4v) is 4.93. The molecule has 1 atom stereocenters. The fraction of sp³-hybridized carbons (Fsp3) is 0.800. The molecule has 1 aromatic heterocycles. The van der Waals surface area contributed by atoms with Crippen LogP contribution in [0.3, 0.4) is 0 Å². The first-order valence-electron chi connectivity index (χ1n) is 10.5. The van der Waals surface area contributed by atoms with Gasteiger partial charge in [-0.05, 0) is 38.5 Å². The van der Waals surface area contributed by atoms with Crippen molar-refractivity contribution in [3.8, 4) is 0 Å². The molecule has 0 aromatic carbocycles. The van der Waals surface area contributed by atoms with Crippen LogP contribution in [0, 0.1) is 5.92 Å². The number of nitrogens with zero attached hydrogens (tertiary/aromatic N) is 3. The minimum atomic E-state index is 0.528. The van der Waals surface area contributed by atoms with Crippen LogP contribution < -0.4 is 10.6 Å². The van der Waals surface area contributed by atoms with Gasteiger partial charge < -0.3 is 15.5 Å². The van der Waals surface area contributed by atoms with Crippen molar-refractivity contribution in [1.29, 1.82) is 0 Å². The van der Waals surface area contributed by atoms with E-state index >= 15 is 0 Å². The highest BCUT2D eigenvalue weighted by Crippen LogP contribution is 2.26. The van der Waals surface area contributed by atoms with E-state index in [1.54, 1.807) is 0 Å². The summed E-state index contributed by atoms with van der Waals surface area (Å²) in [6, 6.07) is 0.528. The van der Waals surface area contributed by atoms with Gasteiger partial charge in [0.2, 0.25) is 0 Å². The van der Waals surface area contributed by atoms with E-state index in [1.807, 2.05) is 17.5 Å². The zero-order chi connectivity index (χ0) is 18.2. The monoisotopic (exact) mass is 377 g/mol. The maximum Gasteiger partial charge on any atom is 0.191 e. The number of thiazole rings is 1. The number of nitrogens with one attached hydrogen (secondary N) is 2. The Balaban J connectivity index is 1.43. The molecule has 5 nitrogen and oxygen atoms in total. The normalized spacial score (nSPS) is 22.2. The highest BCUT2D eigenvalue weighted by molar-refractivity contribution is 7.11. The Bertz CT molecular complexity index is 564. The fourth-order valence-electron chi connectivity index (χ4n) is 4.08. The Morgan fingerprint density at radius 2 is 2.15 bits per heavy atom. The van der Waals surface area contributed by atoms with Crippen molar-refractivity contribution in [2.75, 3.05) is 32.7 Å². The average molecular weight is 378 g/mol. The zero-order valence-electron chi connectivity index (χ0n) is 16.5. The molecule has 0 radical (unpaired) electrons. The van der Waals surface area contributed by atoms with Gasteiger partial charge in [0.05, 0.1) is 5.01 Å². The third-order valence-electron chi connectivity index (χ3n) is 5.49. The van der Waals surface area contributed by atoms with Gasteiger partial charge in [0, 0.05) is 56.3 Å².